The molecule has 92 valence electrons. The third-order valence-electron chi connectivity index (χ3n) is 4.25. The number of hydrogen-bond acceptors (Lipinski definition) is 2. The van der Waals surface area contributed by atoms with Crippen LogP contribution in [0.5, 0.6) is 0 Å². The fourth-order valence-electron chi connectivity index (χ4n) is 2.68. The number of likely N-dealkylation sites (tertiary alicyclic amines) is 1. The van der Waals surface area contributed by atoms with Crippen LogP contribution in [0.3, 0.4) is 0 Å². The molecule has 1 heterocycles. The molecule has 1 amide bonds. The summed E-state index contributed by atoms with van der Waals surface area (Å²) in [5.41, 5.74) is -0.426. The Balaban J connectivity index is 1.87. The van der Waals surface area contributed by atoms with Crippen LogP contribution >= 0.6 is 0 Å². The molecule has 0 bridgehead atoms. The third-order valence-corrected chi connectivity index (χ3v) is 4.25. The number of rotatable bonds is 3. The highest BCUT2D eigenvalue weighted by molar-refractivity contribution is 5.88. The van der Waals surface area contributed by atoms with E-state index in [1.165, 1.54) is 0 Å². The summed E-state index contributed by atoms with van der Waals surface area (Å²) in [4.78, 5) is 14.2. The van der Waals surface area contributed by atoms with E-state index in [0.29, 0.717) is 0 Å². The lowest BCUT2D eigenvalue weighted by molar-refractivity contribution is -0.146. The van der Waals surface area contributed by atoms with Crippen molar-refractivity contribution in [3.63, 3.8) is 0 Å². The van der Waals surface area contributed by atoms with E-state index in [1.807, 2.05) is 4.90 Å². The zero-order valence-corrected chi connectivity index (χ0v) is 10.7. The van der Waals surface area contributed by atoms with E-state index in [9.17, 15) is 4.79 Å². The van der Waals surface area contributed by atoms with Gasteiger partial charge in [-0.3, -0.25) is 4.79 Å². The van der Waals surface area contributed by atoms with E-state index in [2.05, 4.69) is 13.8 Å². The van der Waals surface area contributed by atoms with Crippen molar-refractivity contribution in [1.29, 1.82) is 0 Å². The molecule has 2 fully saturated rings. The van der Waals surface area contributed by atoms with Gasteiger partial charge in [0.05, 0.1) is 0 Å². The quantitative estimate of drug-likeness (QED) is 0.736. The second-order valence-corrected chi connectivity index (χ2v) is 5.57. The number of carbonyl (C=O) groups is 1. The van der Waals surface area contributed by atoms with Crippen LogP contribution in [0.2, 0.25) is 0 Å². The van der Waals surface area contributed by atoms with Crippen molar-refractivity contribution in [2.24, 2.45) is 11.8 Å². The minimum absolute atomic E-state index is 0.234. The van der Waals surface area contributed by atoms with Gasteiger partial charge in [-0.05, 0) is 37.5 Å². The minimum Gasteiger partial charge on any atom is -0.368 e. The molecule has 2 rings (SSSR count). The summed E-state index contributed by atoms with van der Waals surface area (Å²) >= 11 is 0. The maximum Gasteiger partial charge on any atom is 0.254 e. The number of methoxy groups -OCH3 is 1. The predicted molar refractivity (Wildman–Crippen MR) is 63.1 cm³/mol. The highest BCUT2D eigenvalue weighted by Crippen LogP contribution is 2.41. The van der Waals surface area contributed by atoms with Crippen LogP contribution in [0, 0.1) is 11.8 Å². The van der Waals surface area contributed by atoms with Gasteiger partial charge < -0.3 is 9.64 Å². The second-order valence-electron chi connectivity index (χ2n) is 5.57. The zero-order valence-electron chi connectivity index (χ0n) is 10.7. The van der Waals surface area contributed by atoms with E-state index < -0.39 is 5.60 Å². The van der Waals surface area contributed by atoms with Gasteiger partial charge in [0.15, 0.2) is 0 Å². The van der Waals surface area contributed by atoms with E-state index in [0.717, 1.165) is 50.6 Å². The van der Waals surface area contributed by atoms with Crippen LogP contribution in [0.1, 0.15) is 39.5 Å². The molecule has 0 aromatic rings. The highest BCUT2D eigenvalue weighted by Gasteiger charge is 2.52. The molecule has 16 heavy (non-hydrogen) atoms. The van der Waals surface area contributed by atoms with Crippen molar-refractivity contribution < 1.29 is 9.53 Å². The minimum atomic E-state index is -0.426. The Morgan fingerprint density at radius 3 is 2.25 bits per heavy atom. The Hall–Kier alpha value is -0.570. The first-order valence-electron chi connectivity index (χ1n) is 6.43. The van der Waals surface area contributed by atoms with Crippen molar-refractivity contribution in [3.05, 3.63) is 0 Å². The first-order chi connectivity index (χ1) is 7.59. The van der Waals surface area contributed by atoms with Crippen molar-refractivity contribution in [2.45, 2.75) is 45.1 Å². The fraction of sp³-hybridized carbons (Fsp3) is 0.923. The van der Waals surface area contributed by atoms with Crippen molar-refractivity contribution in [2.75, 3.05) is 20.2 Å². The fourth-order valence-corrected chi connectivity index (χ4v) is 2.68. The van der Waals surface area contributed by atoms with Gasteiger partial charge in [-0.1, -0.05) is 13.8 Å². The smallest absolute Gasteiger partial charge is 0.254 e. The molecule has 0 spiro atoms. The maximum atomic E-state index is 12.2. The molecule has 1 saturated heterocycles. The summed E-state index contributed by atoms with van der Waals surface area (Å²) in [5.74, 6) is 1.77. The van der Waals surface area contributed by atoms with Gasteiger partial charge >= 0.3 is 0 Å². The number of ether oxygens (including phenoxy) is 1. The van der Waals surface area contributed by atoms with Crippen molar-refractivity contribution >= 4 is 5.91 Å². The lowest BCUT2D eigenvalue weighted by Crippen LogP contribution is -2.46. The second kappa shape index (κ2) is 4.36. The Morgan fingerprint density at radius 1 is 1.31 bits per heavy atom. The van der Waals surface area contributed by atoms with Gasteiger partial charge in [0.25, 0.3) is 5.91 Å². The van der Waals surface area contributed by atoms with Crippen molar-refractivity contribution in [1.82, 2.24) is 4.90 Å². The van der Waals surface area contributed by atoms with Gasteiger partial charge in [-0.25, -0.2) is 0 Å². The molecular formula is C13H23NO2. The van der Waals surface area contributed by atoms with E-state index in [-0.39, 0.29) is 5.91 Å². The van der Waals surface area contributed by atoms with Gasteiger partial charge in [0.2, 0.25) is 0 Å². The average molecular weight is 225 g/mol. The maximum absolute atomic E-state index is 12.2. The van der Waals surface area contributed by atoms with Gasteiger partial charge in [0, 0.05) is 20.2 Å². The van der Waals surface area contributed by atoms with Gasteiger partial charge in [0.1, 0.15) is 5.60 Å². The summed E-state index contributed by atoms with van der Waals surface area (Å²) in [7, 11) is 1.66. The molecule has 1 saturated carbocycles. The standard InChI is InChI=1S/C13H23NO2/c1-10(2)11-4-8-14(9-5-11)12(15)13(16-3)6-7-13/h10-11H,4-9H2,1-3H3. The third kappa shape index (κ3) is 2.10. The number of carbonyl (C=O) groups excluding carboxylic acids is 1. The number of nitrogens with zero attached hydrogens (tertiary/aromatic N) is 1. The number of piperidine rings is 1. The molecule has 0 aromatic heterocycles. The van der Waals surface area contributed by atoms with Crippen LogP contribution in [-0.4, -0.2) is 36.6 Å². The largest absolute Gasteiger partial charge is 0.368 e. The lowest BCUT2D eigenvalue weighted by atomic mass is 9.86. The summed E-state index contributed by atoms with van der Waals surface area (Å²) in [5, 5.41) is 0. The topological polar surface area (TPSA) is 29.5 Å². The summed E-state index contributed by atoms with van der Waals surface area (Å²) < 4.78 is 5.35. The van der Waals surface area contributed by atoms with Crippen LogP contribution in [0.4, 0.5) is 0 Å². The Morgan fingerprint density at radius 2 is 1.88 bits per heavy atom. The Labute approximate surface area is 98.1 Å². The Kier molecular flexibility index (Phi) is 3.24. The highest BCUT2D eigenvalue weighted by atomic mass is 16.5. The molecule has 0 unspecified atom stereocenters. The molecule has 2 aliphatic rings. The first-order valence-corrected chi connectivity index (χ1v) is 6.43. The average Bonchev–Trinajstić information content (AvgIpc) is 3.09. The van der Waals surface area contributed by atoms with Crippen LogP contribution < -0.4 is 0 Å². The predicted octanol–water partition coefficient (Wildman–Crippen LogP) is 2.06. The monoisotopic (exact) mass is 225 g/mol. The van der Waals surface area contributed by atoms with E-state index >= 15 is 0 Å². The molecule has 3 nitrogen and oxygen atoms in total. The zero-order chi connectivity index (χ0) is 11.8. The van der Waals surface area contributed by atoms with E-state index in [1.54, 1.807) is 7.11 Å². The lowest BCUT2D eigenvalue weighted by Gasteiger charge is -2.35. The Bertz CT molecular complexity index is 263. The molecule has 0 atom stereocenters. The van der Waals surface area contributed by atoms with Crippen molar-refractivity contribution in [3.8, 4) is 0 Å². The molecule has 3 heteroatoms. The summed E-state index contributed by atoms with van der Waals surface area (Å²) in [6, 6.07) is 0. The SMILES string of the molecule is COC1(C(=O)N2CCC(C(C)C)CC2)CC1. The van der Waals surface area contributed by atoms with Crippen LogP contribution in [-0.2, 0) is 9.53 Å². The summed E-state index contributed by atoms with van der Waals surface area (Å²) in [6.07, 6.45) is 4.13. The molecular weight excluding hydrogens is 202 g/mol. The van der Waals surface area contributed by atoms with Gasteiger partial charge in [-0.15, -0.1) is 0 Å². The molecule has 0 aromatic carbocycles. The normalized spacial score (nSPS) is 24.9. The first kappa shape index (κ1) is 11.9. The molecule has 1 aliphatic heterocycles. The van der Waals surface area contributed by atoms with E-state index in [4.69, 9.17) is 4.74 Å². The van der Waals surface area contributed by atoms with Crippen LogP contribution in [0.25, 0.3) is 0 Å². The summed E-state index contributed by atoms with van der Waals surface area (Å²) in [6.45, 7) is 6.40. The molecule has 1 aliphatic carbocycles. The van der Waals surface area contributed by atoms with Gasteiger partial charge in [-0.2, -0.15) is 0 Å². The number of hydrogen-bond donors (Lipinski definition) is 0. The molecule has 0 N–H and O–H groups in total. The van der Waals surface area contributed by atoms with Crippen LogP contribution in [0.15, 0.2) is 0 Å². The number of amides is 1. The molecule has 0 radical (unpaired) electrons.